The monoisotopic (exact) mass is 526 g/mol. The van der Waals surface area contributed by atoms with Gasteiger partial charge in [-0.1, -0.05) is 71.2 Å². The minimum Gasteiger partial charge on any atom is -0.496 e. The van der Waals surface area contributed by atoms with Crippen molar-refractivity contribution in [2.45, 2.75) is 0 Å². The molecule has 0 N–H and O–H groups in total. The molecule has 10 heteroatoms. The van der Waals surface area contributed by atoms with Gasteiger partial charge in [-0.2, -0.15) is 0 Å². The largest absolute Gasteiger partial charge is 0.496 e. The van der Waals surface area contributed by atoms with Crippen molar-refractivity contribution in [1.82, 2.24) is 0 Å². The third-order valence-electron chi connectivity index (χ3n) is 4.82. The first-order valence-electron chi connectivity index (χ1n) is 9.42. The van der Waals surface area contributed by atoms with E-state index in [1.807, 2.05) is 0 Å². The predicted molar refractivity (Wildman–Crippen MR) is 130 cm³/mol. The molecule has 0 aromatic heterocycles. The molecule has 0 heterocycles. The van der Waals surface area contributed by atoms with Crippen molar-refractivity contribution >= 4 is 59.2 Å². The predicted octanol–water partition coefficient (Wildman–Crippen LogP) is 5.93. The van der Waals surface area contributed by atoms with E-state index in [2.05, 4.69) is 0 Å². The molecule has 3 aromatic rings. The summed E-state index contributed by atoms with van der Waals surface area (Å²) in [4.78, 5) is 26.4. The molecule has 0 amide bonds. The van der Waals surface area contributed by atoms with Gasteiger partial charge in [0.25, 0.3) is 0 Å². The van der Waals surface area contributed by atoms with Crippen molar-refractivity contribution in [2.24, 2.45) is 0 Å². The lowest BCUT2D eigenvalue weighted by atomic mass is 10.0. The van der Waals surface area contributed by atoms with E-state index >= 15 is 0 Å². The maximum absolute atomic E-state index is 13.5. The standard InChI is InChI=1S/C23H18Cl3O6P/c1-30-14-11-7-10-13(24)15(14)23(28)33(29)22-20(31-2)17(25)16(18(26)21(22)32-3)19(27)12-8-5-4-6-9-12/h4-11,33H,1-3H3. The van der Waals surface area contributed by atoms with Crippen LogP contribution in [-0.2, 0) is 4.57 Å². The first-order valence-corrected chi connectivity index (χ1v) is 12.0. The Labute approximate surface area is 206 Å². The summed E-state index contributed by atoms with van der Waals surface area (Å²) in [6, 6.07) is 12.9. The molecule has 1 unspecified atom stereocenters. The van der Waals surface area contributed by atoms with E-state index in [-0.39, 0.29) is 48.7 Å². The molecule has 0 saturated carbocycles. The average molecular weight is 528 g/mol. The van der Waals surface area contributed by atoms with Gasteiger partial charge in [0.05, 0.1) is 47.5 Å². The molecule has 33 heavy (non-hydrogen) atoms. The highest BCUT2D eigenvalue weighted by Gasteiger charge is 2.34. The molecular weight excluding hydrogens is 510 g/mol. The van der Waals surface area contributed by atoms with E-state index < -0.39 is 19.1 Å². The fourth-order valence-corrected chi connectivity index (χ4v) is 6.11. The molecule has 3 rings (SSSR count). The van der Waals surface area contributed by atoms with Gasteiger partial charge < -0.3 is 18.8 Å². The maximum Gasteiger partial charge on any atom is 0.228 e. The summed E-state index contributed by atoms with van der Waals surface area (Å²) in [6.45, 7) is 0. The Bertz CT molecular complexity index is 1230. The van der Waals surface area contributed by atoms with E-state index in [9.17, 15) is 14.2 Å². The third-order valence-corrected chi connectivity index (χ3v) is 7.43. The van der Waals surface area contributed by atoms with E-state index in [0.717, 1.165) is 0 Å². The quantitative estimate of drug-likeness (QED) is 0.267. The Morgan fingerprint density at radius 3 is 1.85 bits per heavy atom. The number of hydrogen-bond acceptors (Lipinski definition) is 6. The van der Waals surface area contributed by atoms with Crippen molar-refractivity contribution in [3.05, 3.63) is 80.3 Å². The van der Waals surface area contributed by atoms with Crippen molar-refractivity contribution in [3.8, 4) is 17.2 Å². The fourth-order valence-electron chi connectivity index (χ4n) is 3.29. The molecule has 0 saturated heterocycles. The molecule has 0 spiro atoms. The van der Waals surface area contributed by atoms with E-state index in [1.165, 1.54) is 33.5 Å². The van der Waals surface area contributed by atoms with Gasteiger partial charge in [0.2, 0.25) is 5.52 Å². The summed E-state index contributed by atoms with van der Waals surface area (Å²) in [7, 11) is 0.528. The minimum absolute atomic E-state index is 0.0590. The molecule has 3 aromatic carbocycles. The lowest BCUT2D eigenvalue weighted by molar-refractivity contribution is 0.103. The fraction of sp³-hybridized carbons (Fsp3) is 0.130. The lowest BCUT2D eigenvalue weighted by Gasteiger charge is -2.19. The van der Waals surface area contributed by atoms with Gasteiger partial charge in [0.1, 0.15) is 11.1 Å². The molecule has 172 valence electrons. The Kier molecular flexibility index (Phi) is 8.09. The number of halogens is 3. The molecule has 0 radical (unpaired) electrons. The smallest absolute Gasteiger partial charge is 0.228 e. The van der Waals surface area contributed by atoms with Crippen LogP contribution in [0.4, 0.5) is 0 Å². The second kappa shape index (κ2) is 10.6. The van der Waals surface area contributed by atoms with Crippen LogP contribution in [0.5, 0.6) is 17.2 Å². The van der Waals surface area contributed by atoms with Crippen LogP contribution in [0.2, 0.25) is 15.1 Å². The molecule has 0 bridgehead atoms. The van der Waals surface area contributed by atoms with Gasteiger partial charge >= 0.3 is 0 Å². The van der Waals surface area contributed by atoms with Crippen molar-refractivity contribution in [2.75, 3.05) is 21.3 Å². The molecule has 1 atom stereocenters. The van der Waals surface area contributed by atoms with E-state index in [1.54, 1.807) is 36.4 Å². The highest BCUT2D eigenvalue weighted by atomic mass is 35.5. The number of ketones is 1. The number of ether oxygens (including phenoxy) is 3. The van der Waals surface area contributed by atoms with Crippen LogP contribution >= 0.6 is 42.6 Å². The second-order valence-corrected chi connectivity index (χ2v) is 9.39. The topological polar surface area (TPSA) is 78.9 Å². The zero-order valence-corrected chi connectivity index (χ0v) is 21.0. The molecule has 0 aliphatic heterocycles. The van der Waals surface area contributed by atoms with Crippen molar-refractivity contribution in [1.29, 1.82) is 0 Å². The van der Waals surface area contributed by atoms with Gasteiger partial charge in [0, 0.05) is 5.56 Å². The zero-order valence-electron chi connectivity index (χ0n) is 17.7. The highest BCUT2D eigenvalue weighted by molar-refractivity contribution is 7.72. The highest BCUT2D eigenvalue weighted by Crippen LogP contribution is 2.47. The number of carbonyl (C=O) groups excluding carboxylic acids is 2. The number of rotatable bonds is 8. The minimum atomic E-state index is -3.37. The van der Waals surface area contributed by atoms with Gasteiger partial charge in [-0.25, -0.2) is 0 Å². The summed E-state index contributed by atoms with van der Waals surface area (Å²) >= 11 is 19.2. The van der Waals surface area contributed by atoms with E-state index in [0.29, 0.717) is 5.56 Å². The molecule has 6 nitrogen and oxygen atoms in total. The van der Waals surface area contributed by atoms with Gasteiger partial charge in [-0.15, -0.1) is 0 Å². The van der Waals surface area contributed by atoms with E-state index in [4.69, 9.17) is 49.0 Å². The summed E-state index contributed by atoms with van der Waals surface area (Å²) in [5.41, 5.74) is -0.651. The van der Waals surface area contributed by atoms with Crippen LogP contribution in [0.1, 0.15) is 26.3 Å². The van der Waals surface area contributed by atoms with Crippen LogP contribution in [0.15, 0.2) is 48.5 Å². The van der Waals surface area contributed by atoms with Crippen LogP contribution in [0.3, 0.4) is 0 Å². The average Bonchev–Trinajstić information content (AvgIpc) is 2.83. The number of methoxy groups -OCH3 is 3. The molecular formula is C23H18Cl3O6P. The molecule has 0 fully saturated rings. The lowest BCUT2D eigenvalue weighted by Crippen LogP contribution is -2.16. The SMILES string of the molecule is COc1cccc(Cl)c1C(=O)[PH](=O)c1c(OC)c(Cl)c(C(=O)c2ccccc2)c(Cl)c1OC. The maximum atomic E-state index is 13.5. The normalized spacial score (nSPS) is 11.6. The Morgan fingerprint density at radius 1 is 0.758 bits per heavy atom. The van der Waals surface area contributed by atoms with Crippen molar-refractivity contribution < 1.29 is 28.4 Å². The van der Waals surface area contributed by atoms with Crippen LogP contribution < -0.4 is 19.5 Å². The third kappa shape index (κ3) is 4.62. The Morgan fingerprint density at radius 2 is 1.33 bits per heavy atom. The molecule has 0 aliphatic carbocycles. The van der Waals surface area contributed by atoms with Gasteiger partial charge in [0.15, 0.2) is 25.1 Å². The Balaban J connectivity index is 2.24. The number of hydrogen-bond donors (Lipinski definition) is 0. The van der Waals surface area contributed by atoms with Crippen LogP contribution in [-0.4, -0.2) is 32.6 Å². The van der Waals surface area contributed by atoms with Gasteiger partial charge in [-0.05, 0) is 12.1 Å². The summed E-state index contributed by atoms with van der Waals surface area (Å²) < 4.78 is 29.5. The number of carbonyl (C=O) groups is 2. The summed E-state index contributed by atoms with van der Waals surface area (Å²) in [6.07, 6.45) is 0. The molecule has 0 aliphatic rings. The Hall–Kier alpha value is -2.50. The summed E-state index contributed by atoms with van der Waals surface area (Å²) in [5.74, 6) is -0.648. The zero-order chi connectivity index (χ0) is 24.3. The van der Waals surface area contributed by atoms with Crippen LogP contribution in [0.25, 0.3) is 0 Å². The summed E-state index contributed by atoms with van der Waals surface area (Å²) in [5, 5.41) is -0.478. The first-order chi connectivity index (χ1) is 15.8. The first kappa shape index (κ1) is 25.1. The van der Waals surface area contributed by atoms with Crippen LogP contribution in [0, 0.1) is 0 Å². The van der Waals surface area contributed by atoms with Gasteiger partial charge in [-0.3, -0.25) is 9.59 Å². The second-order valence-electron chi connectivity index (χ2n) is 6.61. The number of benzene rings is 3. The van der Waals surface area contributed by atoms with Crippen molar-refractivity contribution in [3.63, 3.8) is 0 Å².